The van der Waals surface area contributed by atoms with Gasteiger partial charge in [0.05, 0.1) is 11.9 Å². The lowest BCUT2D eigenvalue weighted by Crippen LogP contribution is -2.28. The maximum Gasteiger partial charge on any atom is 0.337 e. The number of rotatable bonds is 7. The molecule has 0 saturated heterocycles. The number of sulfonamides is 1. The molecule has 2 N–H and O–H groups in total. The molecule has 3 rings (SSSR count). The maximum atomic E-state index is 12.3. The Labute approximate surface area is 189 Å². The molecule has 0 spiro atoms. The quantitative estimate of drug-likeness (QED) is 0.534. The molecule has 0 aliphatic rings. The van der Waals surface area contributed by atoms with Crippen LogP contribution in [0, 0.1) is 6.92 Å². The summed E-state index contributed by atoms with van der Waals surface area (Å²) in [6.45, 7) is 7.53. The molecular weight excluding hydrogens is 426 g/mol. The third kappa shape index (κ3) is 5.73. The Bertz CT molecular complexity index is 1260. The first-order valence-corrected chi connectivity index (χ1v) is 12.2. The van der Waals surface area contributed by atoms with Crippen LogP contribution in [-0.2, 0) is 26.1 Å². The smallest absolute Gasteiger partial charge is 0.337 e. The number of carbonyl (C=O) groups is 1. The summed E-state index contributed by atoms with van der Waals surface area (Å²) in [5, 5.41) is 12.0. The van der Waals surface area contributed by atoms with Gasteiger partial charge in [-0.05, 0) is 66.8 Å². The van der Waals surface area contributed by atoms with Gasteiger partial charge in [0.1, 0.15) is 0 Å². The highest BCUT2D eigenvalue weighted by molar-refractivity contribution is 7.88. The molecule has 6 nitrogen and oxygen atoms in total. The second-order valence-electron chi connectivity index (χ2n) is 8.95. The van der Waals surface area contributed by atoms with E-state index in [9.17, 15) is 18.3 Å². The van der Waals surface area contributed by atoms with Crippen molar-refractivity contribution in [1.29, 1.82) is 0 Å². The number of carboxylic acid groups (broad SMARTS) is 1. The molecule has 0 fully saturated rings. The van der Waals surface area contributed by atoms with Crippen LogP contribution >= 0.6 is 0 Å². The predicted octanol–water partition coefficient (Wildman–Crippen LogP) is 4.81. The van der Waals surface area contributed by atoms with Crippen molar-refractivity contribution in [3.8, 4) is 11.1 Å². The molecule has 0 aromatic heterocycles. The number of nitrogens with one attached hydrogen (secondary N) is 1. The van der Waals surface area contributed by atoms with Gasteiger partial charge < -0.3 is 9.84 Å². The third-order valence-corrected chi connectivity index (χ3v) is 5.68. The van der Waals surface area contributed by atoms with E-state index in [1.165, 1.54) is 0 Å². The van der Waals surface area contributed by atoms with Crippen LogP contribution in [0.15, 0.2) is 54.6 Å². The number of ether oxygens (including phenoxy) is 1. The van der Waals surface area contributed by atoms with E-state index in [1.54, 1.807) is 0 Å². The van der Waals surface area contributed by atoms with Crippen LogP contribution in [0.1, 0.15) is 43.6 Å². The van der Waals surface area contributed by atoms with E-state index in [-0.39, 0.29) is 6.54 Å². The molecule has 0 saturated carbocycles. The monoisotopic (exact) mass is 455 g/mol. The van der Waals surface area contributed by atoms with Gasteiger partial charge in [0.2, 0.25) is 10.0 Å². The van der Waals surface area contributed by atoms with Gasteiger partial charge in [-0.2, -0.15) is 0 Å². The number of carboxylic acids is 1. The van der Waals surface area contributed by atoms with Crippen molar-refractivity contribution in [2.45, 2.75) is 45.9 Å². The fourth-order valence-corrected chi connectivity index (χ4v) is 4.22. The molecule has 0 amide bonds. The Morgan fingerprint density at radius 1 is 1.09 bits per heavy atom. The van der Waals surface area contributed by atoms with Gasteiger partial charge in [-0.25, -0.2) is 17.9 Å². The molecule has 0 unspecified atom stereocenters. The average molecular weight is 456 g/mol. The molecule has 3 aromatic carbocycles. The number of aryl methyl sites for hydroxylation is 1. The normalized spacial score (nSPS) is 13.3. The van der Waals surface area contributed by atoms with Crippen LogP contribution in [0.3, 0.4) is 0 Å². The van der Waals surface area contributed by atoms with Crippen molar-refractivity contribution in [2.75, 3.05) is 6.26 Å². The highest BCUT2D eigenvalue weighted by Gasteiger charge is 2.31. The lowest BCUT2D eigenvalue weighted by Gasteiger charge is -2.28. The van der Waals surface area contributed by atoms with E-state index >= 15 is 0 Å². The number of benzene rings is 3. The summed E-state index contributed by atoms with van der Waals surface area (Å²) >= 11 is 0. The molecule has 0 heterocycles. The van der Waals surface area contributed by atoms with Crippen molar-refractivity contribution < 1.29 is 23.1 Å². The molecule has 0 aliphatic heterocycles. The largest absolute Gasteiger partial charge is 0.479 e. The first-order chi connectivity index (χ1) is 14.9. The van der Waals surface area contributed by atoms with Gasteiger partial charge in [-0.3, -0.25) is 0 Å². The zero-order chi connectivity index (χ0) is 23.7. The van der Waals surface area contributed by atoms with E-state index in [0.717, 1.165) is 39.3 Å². The Balaban J connectivity index is 2.28. The van der Waals surface area contributed by atoms with E-state index in [2.05, 4.69) is 4.72 Å². The third-order valence-electron chi connectivity index (χ3n) is 5.01. The lowest BCUT2D eigenvalue weighted by atomic mass is 9.86. The Morgan fingerprint density at radius 3 is 2.41 bits per heavy atom. The van der Waals surface area contributed by atoms with Crippen molar-refractivity contribution >= 4 is 26.8 Å². The van der Waals surface area contributed by atoms with Gasteiger partial charge in [0.25, 0.3) is 0 Å². The van der Waals surface area contributed by atoms with Gasteiger partial charge in [-0.1, -0.05) is 48.5 Å². The highest BCUT2D eigenvalue weighted by Crippen LogP contribution is 2.40. The van der Waals surface area contributed by atoms with Crippen LogP contribution < -0.4 is 4.72 Å². The topological polar surface area (TPSA) is 92.7 Å². The summed E-state index contributed by atoms with van der Waals surface area (Å²) in [6.07, 6.45) is -0.0444. The zero-order valence-electron chi connectivity index (χ0n) is 19.0. The molecular formula is C25H29NO5S. The SMILES string of the molecule is Cc1cc2ccccc2c(-c2cccc(CNS(C)(=O)=O)c2)c1[C@H](OC(C)(C)C)C(=O)O. The van der Waals surface area contributed by atoms with Gasteiger partial charge >= 0.3 is 5.97 Å². The fourth-order valence-electron chi connectivity index (χ4n) is 3.79. The fraction of sp³-hybridized carbons (Fsp3) is 0.320. The summed E-state index contributed by atoms with van der Waals surface area (Å²) < 4.78 is 31.6. The minimum atomic E-state index is -3.34. The Hall–Kier alpha value is -2.74. The number of hydrogen-bond donors (Lipinski definition) is 2. The molecule has 0 aliphatic carbocycles. The van der Waals surface area contributed by atoms with E-state index < -0.39 is 27.7 Å². The standard InChI is InChI=1S/C25H29NO5S/c1-16-13-18-10-6-7-12-20(18)22(21(16)23(24(27)28)31-25(2,3)4)19-11-8-9-17(14-19)15-26-32(5,29)30/h6-14,23,26H,15H2,1-5H3,(H,27,28)/t23-/m0/s1. The molecule has 0 radical (unpaired) electrons. The van der Waals surface area contributed by atoms with E-state index in [1.807, 2.05) is 82.3 Å². The average Bonchev–Trinajstić information content (AvgIpc) is 2.68. The summed E-state index contributed by atoms with van der Waals surface area (Å²) in [6, 6.07) is 17.3. The van der Waals surface area contributed by atoms with Crippen molar-refractivity contribution in [2.24, 2.45) is 0 Å². The van der Waals surface area contributed by atoms with Crippen LogP contribution in [0.25, 0.3) is 21.9 Å². The van der Waals surface area contributed by atoms with Crippen molar-refractivity contribution in [3.05, 3.63) is 71.3 Å². The first kappa shape index (κ1) is 23.9. The number of hydrogen-bond acceptors (Lipinski definition) is 4. The van der Waals surface area contributed by atoms with Crippen molar-refractivity contribution in [1.82, 2.24) is 4.72 Å². The second-order valence-corrected chi connectivity index (χ2v) is 10.8. The molecule has 32 heavy (non-hydrogen) atoms. The van der Waals surface area contributed by atoms with Gasteiger partial charge in [-0.15, -0.1) is 0 Å². The zero-order valence-corrected chi connectivity index (χ0v) is 19.8. The first-order valence-electron chi connectivity index (χ1n) is 10.3. The predicted molar refractivity (Wildman–Crippen MR) is 127 cm³/mol. The summed E-state index contributed by atoms with van der Waals surface area (Å²) in [4.78, 5) is 12.3. The highest BCUT2D eigenvalue weighted by atomic mass is 32.2. The van der Waals surface area contributed by atoms with E-state index in [0.29, 0.717) is 5.56 Å². The number of fused-ring (bicyclic) bond motifs is 1. The van der Waals surface area contributed by atoms with E-state index in [4.69, 9.17) is 4.74 Å². The van der Waals surface area contributed by atoms with Crippen LogP contribution in [0.5, 0.6) is 0 Å². The minimum Gasteiger partial charge on any atom is -0.479 e. The number of aliphatic carboxylic acids is 1. The molecule has 170 valence electrons. The maximum absolute atomic E-state index is 12.3. The van der Waals surface area contributed by atoms with Crippen molar-refractivity contribution in [3.63, 3.8) is 0 Å². The molecule has 3 aromatic rings. The van der Waals surface area contributed by atoms with Gasteiger partial charge in [0, 0.05) is 12.1 Å². The van der Waals surface area contributed by atoms with Crippen LogP contribution in [-0.4, -0.2) is 31.4 Å². The van der Waals surface area contributed by atoms with Crippen LogP contribution in [0.4, 0.5) is 0 Å². The minimum absolute atomic E-state index is 0.145. The van der Waals surface area contributed by atoms with Gasteiger partial charge in [0.15, 0.2) is 6.10 Å². The Morgan fingerprint density at radius 2 is 1.78 bits per heavy atom. The van der Waals surface area contributed by atoms with Crippen LogP contribution in [0.2, 0.25) is 0 Å². The summed E-state index contributed by atoms with van der Waals surface area (Å²) in [5.74, 6) is -1.06. The second kappa shape index (κ2) is 9.02. The lowest BCUT2D eigenvalue weighted by molar-refractivity contribution is -0.160. The molecule has 7 heteroatoms. The summed E-state index contributed by atoms with van der Waals surface area (Å²) in [5.41, 5.74) is 3.09. The molecule has 1 atom stereocenters. The Kier molecular flexibility index (Phi) is 6.74. The summed E-state index contributed by atoms with van der Waals surface area (Å²) in [7, 11) is -3.34. The molecule has 0 bridgehead atoms.